The average molecular weight is 262 g/mol. The molecule has 2 aromatic rings. The van der Waals surface area contributed by atoms with Crippen molar-refractivity contribution in [3.8, 4) is 0 Å². The zero-order valence-corrected chi connectivity index (χ0v) is 10.4. The molecule has 0 aliphatic rings. The number of halogens is 1. The van der Waals surface area contributed by atoms with E-state index in [4.69, 9.17) is 4.42 Å². The molecule has 19 heavy (non-hydrogen) atoms. The molecular formula is C14H15FN2O2. The summed E-state index contributed by atoms with van der Waals surface area (Å²) >= 11 is 0. The van der Waals surface area contributed by atoms with E-state index >= 15 is 0 Å². The molecule has 0 aliphatic heterocycles. The maximum absolute atomic E-state index is 12.7. The SMILES string of the molecule is O=C(CNCc1ccc(F)cc1)NCc1ccco1. The molecule has 1 amide bonds. The molecule has 1 aromatic carbocycles. The van der Waals surface area contributed by atoms with E-state index < -0.39 is 0 Å². The molecule has 0 bridgehead atoms. The Labute approximate surface area is 110 Å². The van der Waals surface area contributed by atoms with Crippen LogP contribution in [0.3, 0.4) is 0 Å². The van der Waals surface area contributed by atoms with Gasteiger partial charge in [-0.25, -0.2) is 4.39 Å². The van der Waals surface area contributed by atoms with Crippen molar-refractivity contribution in [3.63, 3.8) is 0 Å². The van der Waals surface area contributed by atoms with E-state index in [1.54, 1.807) is 30.5 Å². The van der Waals surface area contributed by atoms with Crippen LogP contribution in [0.4, 0.5) is 4.39 Å². The Morgan fingerprint density at radius 2 is 1.95 bits per heavy atom. The van der Waals surface area contributed by atoms with Crippen LogP contribution in [0.15, 0.2) is 47.1 Å². The molecule has 1 heterocycles. The minimum atomic E-state index is -0.264. The largest absolute Gasteiger partial charge is 0.467 e. The number of carbonyl (C=O) groups excluding carboxylic acids is 1. The smallest absolute Gasteiger partial charge is 0.234 e. The van der Waals surface area contributed by atoms with Gasteiger partial charge < -0.3 is 15.1 Å². The summed E-state index contributed by atoms with van der Waals surface area (Å²) in [6.07, 6.45) is 1.56. The highest BCUT2D eigenvalue weighted by Crippen LogP contribution is 2.01. The van der Waals surface area contributed by atoms with Crippen molar-refractivity contribution < 1.29 is 13.6 Å². The van der Waals surface area contributed by atoms with E-state index in [-0.39, 0.29) is 18.3 Å². The maximum Gasteiger partial charge on any atom is 0.234 e. The van der Waals surface area contributed by atoms with Gasteiger partial charge in [0.2, 0.25) is 5.91 Å². The lowest BCUT2D eigenvalue weighted by Gasteiger charge is -2.05. The minimum absolute atomic E-state index is 0.112. The highest BCUT2D eigenvalue weighted by molar-refractivity contribution is 5.77. The van der Waals surface area contributed by atoms with Crippen LogP contribution in [0.2, 0.25) is 0 Å². The fourth-order valence-electron chi connectivity index (χ4n) is 1.58. The highest BCUT2D eigenvalue weighted by atomic mass is 19.1. The molecule has 5 heteroatoms. The third kappa shape index (κ3) is 4.56. The van der Waals surface area contributed by atoms with Gasteiger partial charge in [-0.15, -0.1) is 0 Å². The number of hydrogen-bond donors (Lipinski definition) is 2. The lowest BCUT2D eigenvalue weighted by atomic mass is 10.2. The molecule has 0 unspecified atom stereocenters. The number of amides is 1. The lowest BCUT2D eigenvalue weighted by Crippen LogP contribution is -2.33. The quantitative estimate of drug-likeness (QED) is 0.835. The molecule has 4 nitrogen and oxygen atoms in total. The number of hydrogen-bond acceptors (Lipinski definition) is 3. The summed E-state index contributed by atoms with van der Waals surface area (Å²) in [5.41, 5.74) is 0.931. The van der Waals surface area contributed by atoms with Gasteiger partial charge >= 0.3 is 0 Å². The Hall–Kier alpha value is -2.14. The average Bonchev–Trinajstić information content (AvgIpc) is 2.92. The molecule has 2 rings (SSSR count). The molecule has 0 saturated heterocycles. The van der Waals surface area contributed by atoms with Gasteiger partial charge in [0.05, 0.1) is 19.4 Å². The second-order valence-corrected chi connectivity index (χ2v) is 4.09. The first-order chi connectivity index (χ1) is 9.24. The summed E-state index contributed by atoms with van der Waals surface area (Å²) in [5.74, 6) is 0.338. The first-order valence-electron chi connectivity index (χ1n) is 5.98. The Balaban J connectivity index is 1.65. The van der Waals surface area contributed by atoms with Crippen molar-refractivity contribution in [2.75, 3.05) is 6.54 Å². The van der Waals surface area contributed by atoms with E-state index in [0.29, 0.717) is 18.8 Å². The van der Waals surface area contributed by atoms with Gasteiger partial charge in [-0.05, 0) is 29.8 Å². The summed E-state index contributed by atoms with van der Waals surface area (Å²) in [5, 5.41) is 5.71. The van der Waals surface area contributed by atoms with Crippen LogP contribution in [-0.2, 0) is 17.9 Å². The topological polar surface area (TPSA) is 54.3 Å². The summed E-state index contributed by atoms with van der Waals surface area (Å²) in [4.78, 5) is 11.5. The predicted molar refractivity (Wildman–Crippen MR) is 68.7 cm³/mol. The molecule has 0 fully saturated rings. The van der Waals surface area contributed by atoms with Crippen LogP contribution in [0.5, 0.6) is 0 Å². The molecule has 100 valence electrons. The number of benzene rings is 1. The predicted octanol–water partition coefficient (Wildman–Crippen LogP) is 1.82. The second-order valence-electron chi connectivity index (χ2n) is 4.09. The lowest BCUT2D eigenvalue weighted by molar-refractivity contribution is -0.120. The fourth-order valence-corrected chi connectivity index (χ4v) is 1.58. The third-order valence-corrected chi connectivity index (χ3v) is 2.57. The Bertz CT molecular complexity index is 509. The number of furan rings is 1. The molecule has 0 saturated carbocycles. The van der Waals surface area contributed by atoms with Crippen LogP contribution in [0.25, 0.3) is 0 Å². The Kier molecular flexibility index (Phi) is 4.69. The van der Waals surface area contributed by atoms with Crippen LogP contribution >= 0.6 is 0 Å². The Morgan fingerprint density at radius 1 is 1.16 bits per heavy atom. The summed E-state index contributed by atoms with van der Waals surface area (Å²) < 4.78 is 17.8. The number of rotatable bonds is 6. The second kappa shape index (κ2) is 6.70. The zero-order chi connectivity index (χ0) is 13.5. The maximum atomic E-state index is 12.7. The Morgan fingerprint density at radius 3 is 2.63 bits per heavy atom. The summed E-state index contributed by atoms with van der Waals surface area (Å²) in [7, 11) is 0. The normalized spacial score (nSPS) is 10.4. The number of nitrogens with one attached hydrogen (secondary N) is 2. The van der Waals surface area contributed by atoms with Crippen LogP contribution in [0, 0.1) is 5.82 Å². The molecule has 0 atom stereocenters. The van der Waals surface area contributed by atoms with Gasteiger partial charge in [0.15, 0.2) is 0 Å². The minimum Gasteiger partial charge on any atom is -0.467 e. The monoisotopic (exact) mass is 262 g/mol. The van der Waals surface area contributed by atoms with Crippen LogP contribution in [-0.4, -0.2) is 12.5 Å². The van der Waals surface area contributed by atoms with E-state index in [1.165, 1.54) is 12.1 Å². The summed E-state index contributed by atoms with van der Waals surface area (Å²) in [6, 6.07) is 9.73. The van der Waals surface area contributed by atoms with Crippen molar-refractivity contribution in [1.82, 2.24) is 10.6 Å². The van der Waals surface area contributed by atoms with E-state index in [1.807, 2.05) is 0 Å². The summed E-state index contributed by atoms with van der Waals surface area (Å²) in [6.45, 7) is 1.11. The van der Waals surface area contributed by atoms with E-state index in [2.05, 4.69) is 10.6 Å². The molecule has 2 N–H and O–H groups in total. The standard InChI is InChI=1S/C14H15FN2O2/c15-12-5-3-11(4-6-12)8-16-10-14(18)17-9-13-2-1-7-19-13/h1-7,16H,8-10H2,(H,17,18). The molecule has 1 aromatic heterocycles. The van der Waals surface area contributed by atoms with Crippen molar-refractivity contribution in [3.05, 3.63) is 59.8 Å². The van der Waals surface area contributed by atoms with Crippen molar-refractivity contribution >= 4 is 5.91 Å². The van der Waals surface area contributed by atoms with E-state index in [9.17, 15) is 9.18 Å². The van der Waals surface area contributed by atoms with Gasteiger partial charge in [-0.1, -0.05) is 12.1 Å². The van der Waals surface area contributed by atoms with Gasteiger partial charge in [0.1, 0.15) is 11.6 Å². The van der Waals surface area contributed by atoms with Crippen molar-refractivity contribution in [2.45, 2.75) is 13.1 Å². The van der Waals surface area contributed by atoms with Gasteiger partial charge in [-0.3, -0.25) is 4.79 Å². The highest BCUT2D eigenvalue weighted by Gasteiger charge is 2.02. The molecule has 0 spiro atoms. The first-order valence-corrected chi connectivity index (χ1v) is 5.98. The van der Waals surface area contributed by atoms with Crippen LogP contribution in [0.1, 0.15) is 11.3 Å². The first kappa shape index (κ1) is 13.3. The fraction of sp³-hybridized carbons (Fsp3) is 0.214. The molecule has 0 radical (unpaired) electrons. The van der Waals surface area contributed by atoms with Gasteiger partial charge in [0.25, 0.3) is 0 Å². The van der Waals surface area contributed by atoms with Crippen molar-refractivity contribution in [2.24, 2.45) is 0 Å². The zero-order valence-electron chi connectivity index (χ0n) is 10.4. The van der Waals surface area contributed by atoms with Gasteiger partial charge in [0, 0.05) is 6.54 Å². The van der Waals surface area contributed by atoms with Gasteiger partial charge in [-0.2, -0.15) is 0 Å². The molecule has 0 aliphatic carbocycles. The van der Waals surface area contributed by atoms with E-state index in [0.717, 1.165) is 5.56 Å². The molecular weight excluding hydrogens is 247 g/mol. The van der Waals surface area contributed by atoms with Crippen molar-refractivity contribution in [1.29, 1.82) is 0 Å². The third-order valence-electron chi connectivity index (χ3n) is 2.57. The van der Waals surface area contributed by atoms with Crippen LogP contribution < -0.4 is 10.6 Å². The number of carbonyl (C=O) groups is 1.